The number of nitrogens with zero attached hydrogens (tertiary/aromatic N) is 1. The predicted octanol–water partition coefficient (Wildman–Crippen LogP) is 0.828. The van der Waals surface area contributed by atoms with E-state index in [1.807, 2.05) is 5.32 Å². The summed E-state index contributed by atoms with van der Waals surface area (Å²) >= 11 is 0. The largest absolute Gasteiger partial charge is 0.316 e. The molecule has 3 fully saturated rings. The van der Waals surface area contributed by atoms with Crippen molar-refractivity contribution in [3.8, 4) is 0 Å². The zero-order valence-corrected chi connectivity index (χ0v) is 15.1. The van der Waals surface area contributed by atoms with Gasteiger partial charge in [-0.3, -0.25) is 29.4 Å². The van der Waals surface area contributed by atoms with Gasteiger partial charge in [-0.05, 0) is 43.7 Å². The number of amides is 4. The number of imide groups is 2. The zero-order valence-electron chi connectivity index (χ0n) is 15.1. The summed E-state index contributed by atoms with van der Waals surface area (Å²) in [6.45, 7) is 1.10. The Balaban J connectivity index is 1.64. The standard InChI is InChI=1S/C19H16F3N3O4/c20-14-11(10-6-3-7(10)5-23-4-6)12-13(15(21)16(14)22)19(29)25(18(12)28)8-1-2-9(26)24-17(8)27/h6-8,10,23H,1-5H2,(H,24,26,27). The van der Waals surface area contributed by atoms with E-state index in [1.54, 1.807) is 0 Å². The van der Waals surface area contributed by atoms with Crippen LogP contribution in [0.25, 0.3) is 0 Å². The molecule has 3 aliphatic heterocycles. The number of nitrogens with one attached hydrogen (secondary N) is 2. The minimum Gasteiger partial charge on any atom is -0.316 e. The molecule has 3 atom stereocenters. The highest BCUT2D eigenvalue weighted by Gasteiger charge is 2.53. The summed E-state index contributed by atoms with van der Waals surface area (Å²) in [5.41, 5.74) is -1.58. The van der Waals surface area contributed by atoms with Crippen molar-refractivity contribution in [1.82, 2.24) is 15.5 Å². The van der Waals surface area contributed by atoms with Crippen molar-refractivity contribution in [3.63, 3.8) is 0 Å². The summed E-state index contributed by atoms with van der Waals surface area (Å²) in [6.07, 6.45) is 0.529. The van der Waals surface area contributed by atoms with Crippen molar-refractivity contribution in [2.24, 2.45) is 11.8 Å². The van der Waals surface area contributed by atoms with Gasteiger partial charge in [0.25, 0.3) is 11.8 Å². The molecule has 3 unspecified atom stereocenters. The molecule has 1 aliphatic carbocycles. The number of halogens is 3. The molecule has 2 bridgehead atoms. The first-order valence-electron chi connectivity index (χ1n) is 9.43. The highest BCUT2D eigenvalue weighted by molar-refractivity contribution is 6.24. The highest BCUT2D eigenvalue weighted by atomic mass is 19.2. The quantitative estimate of drug-likeness (QED) is 0.559. The molecule has 0 aromatic heterocycles. The van der Waals surface area contributed by atoms with Crippen LogP contribution in [0.3, 0.4) is 0 Å². The Bertz CT molecular complexity index is 997. The molecule has 4 amide bonds. The Kier molecular flexibility index (Phi) is 3.86. The van der Waals surface area contributed by atoms with Crippen LogP contribution in [-0.2, 0) is 9.59 Å². The molecular formula is C19H16F3N3O4. The summed E-state index contributed by atoms with van der Waals surface area (Å²) < 4.78 is 43.8. The number of benzene rings is 1. The molecule has 3 heterocycles. The van der Waals surface area contributed by atoms with Crippen LogP contribution in [0.1, 0.15) is 51.5 Å². The van der Waals surface area contributed by atoms with Gasteiger partial charge in [0.1, 0.15) is 6.04 Å². The molecule has 1 saturated carbocycles. The Morgan fingerprint density at radius 2 is 1.52 bits per heavy atom. The molecule has 1 aromatic rings. The Labute approximate surface area is 162 Å². The van der Waals surface area contributed by atoms with E-state index in [1.165, 1.54) is 0 Å². The third-order valence-corrected chi connectivity index (χ3v) is 6.52. The van der Waals surface area contributed by atoms with Gasteiger partial charge < -0.3 is 5.32 Å². The zero-order chi connectivity index (χ0) is 20.6. The van der Waals surface area contributed by atoms with E-state index in [0.29, 0.717) is 18.0 Å². The molecule has 0 radical (unpaired) electrons. The van der Waals surface area contributed by atoms with Crippen LogP contribution >= 0.6 is 0 Å². The minimum absolute atomic E-state index is 0.0511. The summed E-state index contributed by atoms with van der Waals surface area (Å²) in [5, 5.41) is 5.18. The van der Waals surface area contributed by atoms with Crippen molar-refractivity contribution in [1.29, 1.82) is 0 Å². The first kappa shape index (κ1) is 18.3. The van der Waals surface area contributed by atoms with Crippen LogP contribution in [0.2, 0.25) is 0 Å². The molecular weight excluding hydrogens is 391 g/mol. The second-order valence-electron chi connectivity index (χ2n) is 7.99. The van der Waals surface area contributed by atoms with E-state index in [9.17, 15) is 32.3 Å². The molecule has 2 N–H and O–H groups in total. The molecule has 1 aromatic carbocycles. The molecule has 152 valence electrons. The van der Waals surface area contributed by atoms with Crippen LogP contribution < -0.4 is 10.6 Å². The van der Waals surface area contributed by atoms with Crippen molar-refractivity contribution in [2.75, 3.05) is 13.1 Å². The monoisotopic (exact) mass is 407 g/mol. The number of carbonyl (C=O) groups is 4. The summed E-state index contributed by atoms with van der Waals surface area (Å²) in [5.74, 6) is -9.20. The molecule has 7 nitrogen and oxygen atoms in total. The maximum absolute atomic E-state index is 14.9. The Hall–Kier alpha value is -2.75. The van der Waals surface area contributed by atoms with Crippen LogP contribution in [-0.4, -0.2) is 47.7 Å². The number of hydrogen-bond acceptors (Lipinski definition) is 5. The number of fused-ring (bicyclic) bond motifs is 3. The van der Waals surface area contributed by atoms with Gasteiger partial charge in [-0.1, -0.05) is 0 Å². The lowest BCUT2D eigenvalue weighted by Crippen LogP contribution is -2.54. The van der Waals surface area contributed by atoms with E-state index >= 15 is 0 Å². The fourth-order valence-corrected chi connectivity index (χ4v) is 5.18. The van der Waals surface area contributed by atoms with Gasteiger partial charge in [0, 0.05) is 12.0 Å². The number of piperidine rings is 3. The van der Waals surface area contributed by atoms with E-state index in [4.69, 9.17) is 0 Å². The average Bonchev–Trinajstić information content (AvgIpc) is 2.94. The molecule has 0 spiro atoms. The average molecular weight is 407 g/mol. The number of carbonyl (C=O) groups excluding carboxylic acids is 4. The van der Waals surface area contributed by atoms with Gasteiger partial charge in [-0.25, -0.2) is 13.2 Å². The fraction of sp³-hybridized carbons (Fsp3) is 0.474. The molecule has 29 heavy (non-hydrogen) atoms. The Morgan fingerprint density at radius 1 is 0.862 bits per heavy atom. The van der Waals surface area contributed by atoms with Crippen molar-refractivity contribution < 1.29 is 32.3 Å². The first-order chi connectivity index (χ1) is 13.8. The van der Waals surface area contributed by atoms with Gasteiger partial charge in [0.2, 0.25) is 11.8 Å². The maximum atomic E-state index is 14.9. The van der Waals surface area contributed by atoms with Crippen LogP contribution in [0.5, 0.6) is 0 Å². The molecule has 5 rings (SSSR count). The smallest absolute Gasteiger partial charge is 0.265 e. The normalized spacial score (nSPS) is 30.9. The molecule has 4 aliphatic rings. The fourth-order valence-electron chi connectivity index (χ4n) is 5.18. The van der Waals surface area contributed by atoms with Gasteiger partial charge in [0.15, 0.2) is 17.5 Å². The van der Waals surface area contributed by atoms with E-state index in [2.05, 4.69) is 5.32 Å². The number of hydrogen-bond donors (Lipinski definition) is 2. The number of rotatable bonds is 2. The van der Waals surface area contributed by atoms with Gasteiger partial charge >= 0.3 is 0 Å². The van der Waals surface area contributed by atoms with Crippen molar-refractivity contribution in [3.05, 3.63) is 34.1 Å². The van der Waals surface area contributed by atoms with Gasteiger partial charge in [0.05, 0.1) is 11.1 Å². The highest BCUT2D eigenvalue weighted by Crippen LogP contribution is 2.52. The predicted molar refractivity (Wildman–Crippen MR) is 90.2 cm³/mol. The van der Waals surface area contributed by atoms with E-state index in [0.717, 1.165) is 6.42 Å². The second kappa shape index (κ2) is 6.12. The maximum Gasteiger partial charge on any atom is 0.265 e. The van der Waals surface area contributed by atoms with Crippen molar-refractivity contribution >= 4 is 23.6 Å². The summed E-state index contributed by atoms with van der Waals surface area (Å²) in [6, 6.07) is -1.33. The Morgan fingerprint density at radius 3 is 2.14 bits per heavy atom. The third kappa shape index (κ3) is 2.35. The first-order valence-corrected chi connectivity index (χ1v) is 9.43. The van der Waals surface area contributed by atoms with Crippen LogP contribution in [0.4, 0.5) is 13.2 Å². The lowest BCUT2D eigenvalue weighted by atomic mass is 9.58. The molecule has 2 saturated heterocycles. The van der Waals surface area contributed by atoms with Gasteiger partial charge in [-0.2, -0.15) is 0 Å². The SMILES string of the molecule is O=C1CCC(N2C(=O)c3c(F)c(F)c(F)c(C4C5CNCC4C5)c3C2=O)C(=O)N1. The lowest BCUT2D eigenvalue weighted by molar-refractivity contribution is -0.136. The van der Waals surface area contributed by atoms with Gasteiger partial charge in [-0.15, -0.1) is 0 Å². The lowest BCUT2D eigenvalue weighted by Gasteiger charge is -2.50. The van der Waals surface area contributed by atoms with Crippen molar-refractivity contribution in [2.45, 2.75) is 31.2 Å². The topological polar surface area (TPSA) is 95.6 Å². The van der Waals surface area contributed by atoms with E-state index in [-0.39, 0.29) is 30.2 Å². The molecule has 10 heteroatoms. The second-order valence-corrected chi connectivity index (χ2v) is 7.99. The minimum atomic E-state index is -1.79. The van der Waals surface area contributed by atoms with Crippen LogP contribution in [0.15, 0.2) is 0 Å². The van der Waals surface area contributed by atoms with Crippen LogP contribution in [0, 0.1) is 29.3 Å². The summed E-state index contributed by atoms with van der Waals surface area (Å²) in [4.78, 5) is 50.0. The third-order valence-electron chi connectivity index (χ3n) is 6.52. The van der Waals surface area contributed by atoms with E-state index < -0.39 is 64.2 Å². The summed E-state index contributed by atoms with van der Waals surface area (Å²) in [7, 11) is 0.